The van der Waals surface area contributed by atoms with E-state index in [4.69, 9.17) is 0 Å². The van der Waals surface area contributed by atoms with Crippen LogP contribution in [0.25, 0.3) is 0 Å². The highest BCUT2D eigenvalue weighted by Gasteiger charge is 2.23. The molecular weight excluding hydrogens is 212 g/mol. The van der Waals surface area contributed by atoms with Gasteiger partial charge in [0.25, 0.3) is 0 Å². The smallest absolute Gasteiger partial charge is 0.220 e. The highest BCUT2D eigenvalue weighted by Crippen LogP contribution is 2.17. The summed E-state index contributed by atoms with van der Waals surface area (Å²) in [5, 5.41) is 3.08. The molecule has 3 nitrogen and oxygen atoms in total. The number of rotatable bonds is 6. The first-order valence-electron chi connectivity index (χ1n) is 7.16. The molecular formula is C14H28N2O. The normalized spacial score (nSPS) is 19.3. The van der Waals surface area contributed by atoms with E-state index in [1.807, 2.05) is 6.92 Å². The van der Waals surface area contributed by atoms with Crippen LogP contribution in [0.15, 0.2) is 0 Å². The van der Waals surface area contributed by atoms with E-state index in [1.165, 1.54) is 32.4 Å². The largest absolute Gasteiger partial charge is 0.355 e. The predicted octanol–water partition coefficient (Wildman–Crippen LogP) is 2.41. The molecule has 1 aliphatic heterocycles. The first kappa shape index (κ1) is 14.5. The zero-order chi connectivity index (χ0) is 12.7. The van der Waals surface area contributed by atoms with Crippen molar-refractivity contribution in [1.29, 1.82) is 0 Å². The van der Waals surface area contributed by atoms with E-state index in [-0.39, 0.29) is 5.91 Å². The molecule has 17 heavy (non-hydrogen) atoms. The molecule has 0 aromatic heterocycles. The minimum Gasteiger partial charge on any atom is -0.355 e. The van der Waals surface area contributed by atoms with E-state index < -0.39 is 0 Å². The maximum Gasteiger partial charge on any atom is 0.220 e. The highest BCUT2D eigenvalue weighted by molar-refractivity contribution is 5.75. The minimum absolute atomic E-state index is 0.204. The molecule has 0 saturated carbocycles. The van der Waals surface area contributed by atoms with Gasteiger partial charge < -0.3 is 5.32 Å². The van der Waals surface area contributed by atoms with Crippen LogP contribution in [-0.4, -0.2) is 36.5 Å². The molecule has 1 amide bonds. The van der Waals surface area contributed by atoms with Gasteiger partial charge in [0.2, 0.25) is 5.91 Å². The van der Waals surface area contributed by atoms with Crippen molar-refractivity contribution in [1.82, 2.24) is 10.2 Å². The number of hydrogen-bond donors (Lipinski definition) is 1. The second-order valence-electron chi connectivity index (χ2n) is 5.46. The fourth-order valence-corrected chi connectivity index (χ4v) is 2.57. The fraction of sp³-hybridized carbons (Fsp3) is 0.929. The molecule has 1 rings (SSSR count). The standard InChI is InChI=1S/C14H28N2O/c1-4-8-14(17)15-11-13(12(2)3)16-9-6-5-7-10-16/h12-13H,4-11H2,1-3H3,(H,15,17). The van der Waals surface area contributed by atoms with E-state index in [2.05, 4.69) is 24.1 Å². The molecule has 1 N–H and O–H groups in total. The molecule has 0 bridgehead atoms. The lowest BCUT2D eigenvalue weighted by Crippen LogP contribution is -2.48. The number of hydrogen-bond acceptors (Lipinski definition) is 2. The second kappa shape index (κ2) is 7.70. The fourth-order valence-electron chi connectivity index (χ4n) is 2.57. The van der Waals surface area contributed by atoms with Crippen LogP contribution in [-0.2, 0) is 4.79 Å². The summed E-state index contributed by atoms with van der Waals surface area (Å²) in [4.78, 5) is 14.1. The van der Waals surface area contributed by atoms with Gasteiger partial charge in [0.05, 0.1) is 0 Å². The number of carbonyl (C=O) groups is 1. The number of piperidine rings is 1. The molecule has 1 unspecified atom stereocenters. The van der Waals surface area contributed by atoms with Crippen molar-refractivity contribution in [2.45, 2.75) is 58.9 Å². The van der Waals surface area contributed by atoms with Crippen molar-refractivity contribution in [3.63, 3.8) is 0 Å². The SMILES string of the molecule is CCCC(=O)NCC(C(C)C)N1CCCCC1. The van der Waals surface area contributed by atoms with Gasteiger partial charge in [-0.15, -0.1) is 0 Å². The van der Waals surface area contributed by atoms with Crippen LogP contribution < -0.4 is 5.32 Å². The molecule has 0 radical (unpaired) electrons. The molecule has 1 atom stereocenters. The van der Waals surface area contributed by atoms with Gasteiger partial charge in [-0.25, -0.2) is 0 Å². The van der Waals surface area contributed by atoms with Crippen LogP contribution in [0.2, 0.25) is 0 Å². The second-order valence-corrected chi connectivity index (χ2v) is 5.46. The Morgan fingerprint density at radius 2 is 1.88 bits per heavy atom. The zero-order valence-corrected chi connectivity index (χ0v) is 11.7. The number of nitrogens with one attached hydrogen (secondary N) is 1. The number of carbonyl (C=O) groups excluding carboxylic acids is 1. The quantitative estimate of drug-likeness (QED) is 0.773. The highest BCUT2D eigenvalue weighted by atomic mass is 16.1. The van der Waals surface area contributed by atoms with Crippen molar-refractivity contribution in [2.24, 2.45) is 5.92 Å². The van der Waals surface area contributed by atoms with Gasteiger partial charge in [0, 0.05) is 19.0 Å². The maximum atomic E-state index is 11.5. The predicted molar refractivity (Wildman–Crippen MR) is 72.0 cm³/mol. The first-order valence-corrected chi connectivity index (χ1v) is 7.16. The van der Waals surface area contributed by atoms with E-state index in [0.717, 1.165) is 13.0 Å². The molecule has 1 heterocycles. The summed E-state index contributed by atoms with van der Waals surface area (Å²) >= 11 is 0. The Kier molecular flexibility index (Phi) is 6.56. The lowest BCUT2D eigenvalue weighted by atomic mass is 9.99. The lowest BCUT2D eigenvalue weighted by molar-refractivity contribution is -0.121. The summed E-state index contributed by atoms with van der Waals surface area (Å²) in [5.74, 6) is 0.810. The molecule has 1 aliphatic rings. The van der Waals surface area contributed by atoms with Crippen LogP contribution in [0.4, 0.5) is 0 Å². The van der Waals surface area contributed by atoms with E-state index >= 15 is 0 Å². The molecule has 0 aromatic rings. The lowest BCUT2D eigenvalue weighted by Gasteiger charge is -2.37. The Morgan fingerprint density at radius 3 is 2.41 bits per heavy atom. The van der Waals surface area contributed by atoms with E-state index in [9.17, 15) is 4.79 Å². The molecule has 0 aromatic carbocycles. The Morgan fingerprint density at radius 1 is 1.24 bits per heavy atom. The summed E-state index contributed by atoms with van der Waals surface area (Å²) < 4.78 is 0. The van der Waals surface area contributed by atoms with Crippen LogP contribution in [0.1, 0.15) is 52.9 Å². The van der Waals surface area contributed by atoms with Crippen LogP contribution in [0.3, 0.4) is 0 Å². The van der Waals surface area contributed by atoms with Gasteiger partial charge in [-0.3, -0.25) is 9.69 Å². The number of nitrogens with zero attached hydrogens (tertiary/aromatic N) is 1. The summed E-state index contributed by atoms with van der Waals surface area (Å²) in [7, 11) is 0. The minimum atomic E-state index is 0.204. The summed E-state index contributed by atoms with van der Waals surface area (Å²) in [6.45, 7) is 9.77. The number of amides is 1. The van der Waals surface area contributed by atoms with E-state index in [1.54, 1.807) is 0 Å². The van der Waals surface area contributed by atoms with Gasteiger partial charge in [0.15, 0.2) is 0 Å². The topological polar surface area (TPSA) is 32.3 Å². The molecule has 1 saturated heterocycles. The Bertz CT molecular complexity index is 222. The summed E-state index contributed by atoms with van der Waals surface area (Å²) in [5.41, 5.74) is 0. The van der Waals surface area contributed by atoms with Crippen molar-refractivity contribution >= 4 is 5.91 Å². The third kappa shape index (κ3) is 5.07. The van der Waals surface area contributed by atoms with E-state index in [0.29, 0.717) is 18.4 Å². The van der Waals surface area contributed by atoms with Gasteiger partial charge in [0.1, 0.15) is 0 Å². The summed E-state index contributed by atoms with van der Waals surface area (Å²) in [6, 6.07) is 0.510. The average Bonchev–Trinajstić information content (AvgIpc) is 2.30. The van der Waals surface area contributed by atoms with Crippen LogP contribution >= 0.6 is 0 Å². The molecule has 0 spiro atoms. The Hall–Kier alpha value is -0.570. The monoisotopic (exact) mass is 240 g/mol. The average molecular weight is 240 g/mol. The third-order valence-corrected chi connectivity index (χ3v) is 3.61. The zero-order valence-electron chi connectivity index (χ0n) is 11.7. The number of likely N-dealkylation sites (tertiary alicyclic amines) is 1. The Balaban J connectivity index is 2.39. The van der Waals surface area contributed by atoms with Crippen LogP contribution in [0, 0.1) is 5.92 Å². The first-order chi connectivity index (χ1) is 8.15. The maximum absolute atomic E-state index is 11.5. The molecule has 100 valence electrons. The van der Waals surface area contributed by atoms with Crippen molar-refractivity contribution < 1.29 is 4.79 Å². The van der Waals surface area contributed by atoms with Crippen LogP contribution in [0.5, 0.6) is 0 Å². The van der Waals surface area contributed by atoms with Gasteiger partial charge in [-0.05, 0) is 38.3 Å². The van der Waals surface area contributed by atoms with Gasteiger partial charge >= 0.3 is 0 Å². The summed E-state index contributed by atoms with van der Waals surface area (Å²) in [6.07, 6.45) is 5.58. The Labute approximate surface area is 106 Å². The molecule has 0 aliphatic carbocycles. The van der Waals surface area contributed by atoms with Gasteiger partial charge in [-0.1, -0.05) is 27.2 Å². The van der Waals surface area contributed by atoms with Crippen molar-refractivity contribution in [2.75, 3.05) is 19.6 Å². The van der Waals surface area contributed by atoms with Crippen molar-refractivity contribution in [3.8, 4) is 0 Å². The van der Waals surface area contributed by atoms with Gasteiger partial charge in [-0.2, -0.15) is 0 Å². The van der Waals surface area contributed by atoms with Crippen molar-refractivity contribution in [3.05, 3.63) is 0 Å². The third-order valence-electron chi connectivity index (χ3n) is 3.61. The molecule has 1 fully saturated rings. The molecule has 3 heteroatoms.